The van der Waals surface area contributed by atoms with Crippen molar-refractivity contribution in [3.05, 3.63) is 47.0 Å². The van der Waals surface area contributed by atoms with Gasteiger partial charge in [-0.1, -0.05) is 0 Å². The number of fused-ring (bicyclic) bond motifs is 1. The van der Waals surface area contributed by atoms with Crippen molar-refractivity contribution in [2.75, 3.05) is 40.9 Å². The lowest BCUT2D eigenvalue weighted by molar-refractivity contribution is 0.199. The fourth-order valence-corrected chi connectivity index (χ4v) is 4.27. The number of piperidine rings is 1. The van der Waals surface area contributed by atoms with E-state index in [1.165, 1.54) is 16.8 Å². The van der Waals surface area contributed by atoms with Gasteiger partial charge in [-0.15, -0.1) is 0 Å². The van der Waals surface area contributed by atoms with Crippen LogP contribution < -0.4 is 9.47 Å². The average molecular weight is 383 g/mol. The maximum atomic E-state index is 5.53. The van der Waals surface area contributed by atoms with E-state index in [9.17, 15) is 0 Å². The van der Waals surface area contributed by atoms with Crippen LogP contribution in [0.4, 0.5) is 0 Å². The summed E-state index contributed by atoms with van der Waals surface area (Å²) >= 11 is 0. The minimum atomic E-state index is 0.466. The van der Waals surface area contributed by atoms with Crippen molar-refractivity contribution >= 4 is 0 Å². The number of hydrogen-bond donors (Lipinski definition) is 0. The van der Waals surface area contributed by atoms with Crippen LogP contribution in [0, 0.1) is 0 Å². The maximum absolute atomic E-state index is 5.53. The second-order valence-electron chi connectivity index (χ2n) is 7.92. The number of likely N-dealkylation sites (tertiary alicyclic amines) is 1. The van der Waals surface area contributed by atoms with Gasteiger partial charge in [0.1, 0.15) is 17.3 Å². The SMILES string of the molecule is COc1ccc(OC)c(CN2CCC(c3ncc4c(n3)CCN(C)C4)CC2)c1. The van der Waals surface area contributed by atoms with Crippen LogP contribution in [-0.4, -0.2) is 60.7 Å². The van der Waals surface area contributed by atoms with E-state index in [1.54, 1.807) is 14.2 Å². The number of benzene rings is 1. The van der Waals surface area contributed by atoms with Crippen molar-refractivity contribution in [1.82, 2.24) is 19.8 Å². The molecule has 0 amide bonds. The van der Waals surface area contributed by atoms with E-state index in [1.807, 2.05) is 12.1 Å². The van der Waals surface area contributed by atoms with Gasteiger partial charge in [0.2, 0.25) is 0 Å². The zero-order valence-corrected chi connectivity index (χ0v) is 17.1. The van der Waals surface area contributed by atoms with Crippen LogP contribution in [0.15, 0.2) is 24.4 Å². The molecular weight excluding hydrogens is 352 g/mol. The highest BCUT2D eigenvalue weighted by Gasteiger charge is 2.25. The van der Waals surface area contributed by atoms with Crippen LogP contribution in [0.5, 0.6) is 11.5 Å². The Morgan fingerprint density at radius 2 is 1.93 bits per heavy atom. The summed E-state index contributed by atoms with van der Waals surface area (Å²) in [7, 11) is 5.58. The fourth-order valence-electron chi connectivity index (χ4n) is 4.27. The van der Waals surface area contributed by atoms with Crippen molar-refractivity contribution in [2.24, 2.45) is 0 Å². The average Bonchev–Trinajstić information content (AvgIpc) is 2.74. The minimum absolute atomic E-state index is 0.466. The summed E-state index contributed by atoms with van der Waals surface area (Å²) in [5, 5.41) is 0. The van der Waals surface area contributed by atoms with Gasteiger partial charge < -0.3 is 14.4 Å². The molecule has 1 fully saturated rings. The molecule has 28 heavy (non-hydrogen) atoms. The molecule has 0 bridgehead atoms. The maximum Gasteiger partial charge on any atom is 0.131 e. The van der Waals surface area contributed by atoms with E-state index in [2.05, 4.69) is 29.1 Å². The number of hydrogen-bond acceptors (Lipinski definition) is 6. The van der Waals surface area contributed by atoms with Gasteiger partial charge in [-0.3, -0.25) is 4.90 Å². The van der Waals surface area contributed by atoms with E-state index in [4.69, 9.17) is 19.4 Å². The van der Waals surface area contributed by atoms with Crippen molar-refractivity contribution in [3.8, 4) is 11.5 Å². The molecule has 0 atom stereocenters. The molecule has 6 heteroatoms. The van der Waals surface area contributed by atoms with Gasteiger partial charge >= 0.3 is 0 Å². The first-order valence-electron chi connectivity index (χ1n) is 10.1. The molecule has 0 radical (unpaired) electrons. The smallest absolute Gasteiger partial charge is 0.131 e. The Morgan fingerprint density at radius 1 is 1.11 bits per heavy atom. The predicted molar refractivity (Wildman–Crippen MR) is 109 cm³/mol. The van der Waals surface area contributed by atoms with Crippen molar-refractivity contribution in [3.63, 3.8) is 0 Å². The van der Waals surface area contributed by atoms with Gasteiger partial charge in [0.15, 0.2) is 0 Å². The lowest BCUT2D eigenvalue weighted by atomic mass is 9.95. The minimum Gasteiger partial charge on any atom is -0.497 e. The highest BCUT2D eigenvalue weighted by Crippen LogP contribution is 2.30. The topological polar surface area (TPSA) is 50.7 Å². The molecule has 0 aliphatic carbocycles. The molecule has 6 nitrogen and oxygen atoms in total. The summed E-state index contributed by atoms with van der Waals surface area (Å²) in [6, 6.07) is 6.01. The van der Waals surface area contributed by atoms with E-state index in [0.29, 0.717) is 5.92 Å². The molecule has 0 saturated carbocycles. The highest BCUT2D eigenvalue weighted by molar-refractivity contribution is 5.40. The third-order valence-corrected chi connectivity index (χ3v) is 5.98. The van der Waals surface area contributed by atoms with Crippen LogP contribution in [-0.2, 0) is 19.5 Å². The zero-order chi connectivity index (χ0) is 19.5. The molecule has 2 aromatic rings. The van der Waals surface area contributed by atoms with Gasteiger partial charge in [0.05, 0.1) is 14.2 Å². The van der Waals surface area contributed by atoms with Gasteiger partial charge in [-0.05, 0) is 51.2 Å². The molecule has 0 N–H and O–H groups in total. The van der Waals surface area contributed by atoms with Crippen LogP contribution >= 0.6 is 0 Å². The molecular formula is C22H30N4O2. The number of nitrogens with zero attached hydrogens (tertiary/aromatic N) is 4. The van der Waals surface area contributed by atoms with Gasteiger partial charge in [-0.2, -0.15) is 0 Å². The molecule has 2 aliphatic heterocycles. The fraction of sp³-hybridized carbons (Fsp3) is 0.545. The van der Waals surface area contributed by atoms with E-state index in [-0.39, 0.29) is 0 Å². The summed E-state index contributed by atoms with van der Waals surface area (Å²) in [4.78, 5) is 14.5. The monoisotopic (exact) mass is 382 g/mol. The number of ether oxygens (including phenoxy) is 2. The number of aromatic nitrogens is 2. The first kappa shape index (κ1) is 19.2. The summed E-state index contributed by atoms with van der Waals surface area (Å²) in [5.74, 6) is 3.31. The first-order chi connectivity index (χ1) is 13.7. The number of rotatable bonds is 5. The third kappa shape index (κ3) is 4.13. The Hall–Kier alpha value is -2.18. The molecule has 150 valence electrons. The van der Waals surface area contributed by atoms with Crippen LogP contribution in [0.1, 0.15) is 41.4 Å². The first-order valence-corrected chi connectivity index (χ1v) is 10.1. The second-order valence-corrected chi connectivity index (χ2v) is 7.92. The Morgan fingerprint density at radius 3 is 2.68 bits per heavy atom. The quantitative estimate of drug-likeness (QED) is 0.793. The number of methoxy groups -OCH3 is 2. The normalized spacial score (nSPS) is 18.7. The zero-order valence-electron chi connectivity index (χ0n) is 17.1. The molecule has 3 heterocycles. The van der Waals surface area contributed by atoms with E-state index in [0.717, 1.165) is 69.3 Å². The number of likely N-dealkylation sites (N-methyl/N-ethyl adjacent to an activating group) is 1. The highest BCUT2D eigenvalue weighted by atomic mass is 16.5. The Kier molecular flexibility index (Phi) is 5.78. The third-order valence-electron chi connectivity index (χ3n) is 5.98. The lowest BCUT2D eigenvalue weighted by Crippen LogP contribution is -2.33. The summed E-state index contributed by atoms with van der Waals surface area (Å²) < 4.78 is 10.9. The standard InChI is InChI=1S/C22H30N4O2/c1-25-9-8-20-18(14-25)13-23-22(24-20)16-6-10-26(11-7-16)15-17-12-19(27-2)4-5-21(17)28-3/h4-5,12-13,16H,6-11,14-15H2,1-3H3. The molecule has 1 aromatic carbocycles. The van der Waals surface area contributed by atoms with Gasteiger partial charge in [0.25, 0.3) is 0 Å². The second kappa shape index (κ2) is 8.45. The Bertz CT molecular complexity index is 818. The summed E-state index contributed by atoms with van der Waals surface area (Å²) in [5.41, 5.74) is 3.72. The van der Waals surface area contributed by atoms with Crippen LogP contribution in [0.25, 0.3) is 0 Å². The van der Waals surface area contributed by atoms with Crippen molar-refractivity contribution in [1.29, 1.82) is 0 Å². The molecule has 4 rings (SSSR count). The summed E-state index contributed by atoms with van der Waals surface area (Å²) in [6.07, 6.45) is 5.30. The molecule has 2 aliphatic rings. The lowest BCUT2D eigenvalue weighted by Gasteiger charge is -2.32. The molecule has 1 saturated heterocycles. The van der Waals surface area contributed by atoms with E-state index < -0.39 is 0 Å². The Labute approximate surface area is 167 Å². The van der Waals surface area contributed by atoms with Crippen LogP contribution in [0.3, 0.4) is 0 Å². The van der Waals surface area contributed by atoms with Crippen molar-refractivity contribution < 1.29 is 9.47 Å². The largest absolute Gasteiger partial charge is 0.497 e. The molecule has 0 unspecified atom stereocenters. The molecule has 1 aromatic heterocycles. The predicted octanol–water partition coefficient (Wildman–Crippen LogP) is 2.86. The van der Waals surface area contributed by atoms with E-state index >= 15 is 0 Å². The Balaban J connectivity index is 1.39. The molecule has 0 spiro atoms. The van der Waals surface area contributed by atoms with Gasteiger partial charge in [0, 0.05) is 55.0 Å². The summed E-state index contributed by atoms with van der Waals surface area (Å²) in [6.45, 7) is 5.04. The van der Waals surface area contributed by atoms with Crippen LogP contribution in [0.2, 0.25) is 0 Å². The van der Waals surface area contributed by atoms with Gasteiger partial charge in [-0.25, -0.2) is 9.97 Å². The van der Waals surface area contributed by atoms with Crippen molar-refractivity contribution in [2.45, 2.75) is 38.3 Å².